The van der Waals surface area contributed by atoms with Gasteiger partial charge >= 0.3 is 0 Å². The van der Waals surface area contributed by atoms with Crippen LogP contribution in [-0.2, 0) is 19.4 Å². The summed E-state index contributed by atoms with van der Waals surface area (Å²) in [6.07, 6.45) is 0.370. The average molecular weight is 376 g/mol. The van der Waals surface area contributed by atoms with Crippen LogP contribution in [-0.4, -0.2) is 14.9 Å². The first-order valence-electron chi connectivity index (χ1n) is 6.84. The van der Waals surface area contributed by atoms with Crippen molar-refractivity contribution in [2.45, 2.75) is 39.3 Å². The molecule has 0 amide bonds. The molecule has 1 aromatic heterocycles. The Morgan fingerprint density at radius 3 is 2.71 bits per heavy atom. The van der Waals surface area contributed by atoms with E-state index in [4.69, 9.17) is 11.6 Å². The molecule has 0 aliphatic heterocycles. The number of hydrogen-bond donors (Lipinski definition) is 1. The maximum Gasteiger partial charge on any atom is 0.142 e. The number of halogens is 3. The van der Waals surface area contributed by atoms with Crippen molar-refractivity contribution in [3.63, 3.8) is 0 Å². The van der Waals surface area contributed by atoms with Gasteiger partial charge in [0.1, 0.15) is 5.82 Å². The molecule has 0 radical (unpaired) electrons. The van der Waals surface area contributed by atoms with Crippen LogP contribution >= 0.6 is 27.5 Å². The smallest absolute Gasteiger partial charge is 0.142 e. The molecule has 2 aromatic rings. The lowest BCUT2D eigenvalue weighted by Crippen LogP contribution is -2.09. The topological polar surface area (TPSA) is 38.0 Å². The van der Waals surface area contributed by atoms with Crippen molar-refractivity contribution >= 4 is 27.5 Å². The zero-order chi connectivity index (χ0) is 15.6. The van der Waals surface area contributed by atoms with Crippen molar-refractivity contribution < 1.29 is 9.50 Å². The number of aliphatic hydroxyl groups excluding tert-OH is 1. The monoisotopic (exact) mass is 374 g/mol. The van der Waals surface area contributed by atoms with E-state index in [0.29, 0.717) is 12.0 Å². The standard InChI is InChI=1S/C15H17BrClFN2O/c1-3-12-15(16)13(20(4-2)19-12)8-14(21)9-5-6-10(17)11(18)7-9/h5-7,14,21H,3-4,8H2,1-2H3. The highest BCUT2D eigenvalue weighted by Gasteiger charge is 2.19. The summed E-state index contributed by atoms with van der Waals surface area (Å²) in [7, 11) is 0. The molecule has 0 spiro atoms. The molecular formula is C15H17BrClFN2O. The summed E-state index contributed by atoms with van der Waals surface area (Å²) in [4.78, 5) is 0. The summed E-state index contributed by atoms with van der Waals surface area (Å²) in [5, 5.41) is 14.9. The van der Waals surface area contributed by atoms with Gasteiger partial charge in [-0.2, -0.15) is 5.10 Å². The zero-order valence-electron chi connectivity index (χ0n) is 11.9. The molecule has 0 saturated carbocycles. The zero-order valence-corrected chi connectivity index (χ0v) is 14.2. The lowest BCUT2D eigenvalue weighted by Gasteiger charge is -2.13. The van der Waals surface area contributed by atoms with E-state index in [1.807, 2.05) is 18.5 Å². The summed E-state index contributed by atoms with van der Waals surface area (Å²) in [6, 6.07) is 4.37. The molecule has 3 nitrogen and oxygen atoms in total. The number of aromatic nitrogens is 2. The van der Waals surface area contributed by atoms with E-state index in [9.17, 15) is 9.50 Å². The van der Waals surface area contributed by atoms with Gasteiger partial charge in [-0.15, -0.1) is 0 Å². The number of aryl methyl sites for hydroxylation is 2. The van der Waals surface area contributed by atoms with Crippen LogP contribution in [0.3, 0.4) is 0 Å². The molecule has 1 heterocycles. The molecule has 21 heavy (non-hydrogen) atoms. The highest BCUT2D eigenvalue weighted by atomic mass is 79.9. The third kappa shape index (κ3) is 3.47. The van der Waals surface area contributed by atoms with Gasteiger partial charge < -0.3 is 5.11 Å². The molecule has 1 N–H and O–H groups in total. The Morgan fingerprint density at radius 1 is 1.43 bits per heavy atom. The first kappa shape index (κ1) is 16.5. The molecule has 1 atom stereocenters. The summed E-state index contributed by atoms with van der Waals surface area (Å²) in [5.74, 6) is -0.523. The minimum absolute atomic E-state index is 0.0546. The van der Waals surface area contributed by atoms with Crippen molar-refractivity contribution in [2.24, 2.45) is 0 Å². The summed E-state index contributed by atoms with van der Waals surface area (Å²) in [5.41, 5.74) is 2.38. The second kappa shape index (κ2) is 6.90. The maximum absolute atomic E-state index is 13.5. The minimum Gasteiger partial charge on any atom is -0.388 e. The second-order valence-corrected chi connectivity index (χ2v) is 5.97. The molecule has 0 fully saturated rings. The van der Waals surface area contributed by atoms with E-state index in [-0.39, 0.29) is 5.02 Å². The van der Waals surface area contributed by atoms with Crippen LogP contribution in [0.5, 0.6) is 0 Å². The minimum atomic E-state index is -0.806. The Labute approximate surface area is 136 Å². The van der Waals surface area contributed by atoms with Crippen molar-refractivity contribution in [1.82, 2.24) is 9.78 Å². The predicted octanol–water partition coefficient (Wildman–Crippen LogP) is 4.30. The molecule has 0 aliphatic rings. The Balaban J connectivity index is 2.28. The number of rotatable bonds is 5. The van der Waals surface area contributed by atoms with Crippen LogP contribution < -0.4 is 0 Å². The Bertz CT molecular complexity index is 645. The van der Waals surface area contributed by atoms with E-state index in [0.717, 1.165) is 28.8 Å². The van der Waals surface area contributed by atoms with Crippen LogP contribution in [0.15, 0.2) is 22.7 Å². The first-order valence-corrected chi connectivity index (χ1v) is 8.02. The molecule has 114 valence electrons. The summed E-state index contributed by atoms with van der Waals surface area (Å²) >= 11 is 9.20. The van der Waals surface area contributed by atoms with Gasteiger partial charge in [0, 0.05) is 13.0 Å². The lowest BCUT2D eigenvalue weighted by molar-refractivity contribution is 0.175. The Morgan fingerprint density at radius 2 is 2.14 bits per heavy atom. The van der Waals surface area contributed by atoms with Gasteiger partial charge in [0.05, 0.1) is 27.0 Å². The van der Waals surface area contributed by atoms with Gasteiger partial charge in [-0.25, -0.2) is 4.39 Å². The fourth-order valence-corrected chi connectivity index (χ4v) is 3.08. The van der Waals surface area contributed by atoms with Crippen molar-refractivity contribution in [3.05, 3.63) is 50.5 Å². The molecular weight excluding hydrogens is 359 g/mol. The molecule has 0 aliphatic carbocycles. The van der Waals surface area contributed by atoms with E-state index in [1.165, 1.54) is 12.1 Å². The normalized spacial score (nSPS) is 12.7. The third-order valence-electron chi connectivity index (χ3n) is 3.41. The van der Waals surface area contributed by atoms with E-state index in [1.54, 1.807) is 6.07 Å². The predicted molar refractivity (Wildman–Crippen MR) is 85.1 cm³/mol. The van der Waals surface area contributed by atoms with Gasteiger partial charge in [0.25, 0.3) is 0 Å². The van der Waals surface area contributed by atoms with Crippen LogP contribution in [0.2, 0.25) is 5.02 Å². The fourth-order valence-electron chi connectivity index (χ4n) is 2.23. The highest BCUT2D eigenvalue weighted by molar-refractivity contribution is 9.10. The molecule has 1 aromatic carbocycles. The summed E-state index contributed by atoms with van der Waals surface area (Å²) < 4.78 is 16.3. The SMILES string of the molecule is CCc1nn(CC)c(CC(O)c2ccc(Cl)c(F)c2)c1Br. The van der Waals surface area contributed by atoms with Gasteiger partial charge in [0.2, 0.25) is 0 Å². The van der Waals surface area contributed by atoms with Crippen LogP contribution in [0.25, 0.3) is 0 Å². The van der Waals surface area contributed by atoms with Crippen LogP contribution in [0, 0.1) is 5.82 Å². The maximum atomic E-state index is 13.5. The fraction of sp³-hybridized carbons (Fsp3) is 0.400. The Hall–Kier alpha value is -0.910. The molecule has 0 saturated heterocycles. The average Bonchev–Trinajstić information content (AvgIpc) is 2.78. The van der Waals surface area contributed by atoms with E-state index in [2.05, 4.69) is 21.0 Å². The van der Waals surface area contributed by atoms with Gasteiger partial charge in [-0.3, -0.25) is 4.68 Å². The van der Waals surface area contributed by atoms with Crippen molar-refractivity contribution in [3.8, 4) is 0 Å². The number of hydrogen-bond acceptors (Lipinski definition) is 2. The summed E-state index contributed by atoms with van der Waals surface area (Å²) in [6.45, 7) is 4.74. The first-order chi connectivity index (χ1) is 9.97. The van der Waals surface area contributed by atoms with E-state index < -0.39 is 11.9 Å². The number of nitrogens with zero attached hydrogens (tertiary/aromatic N) is 2. The van der Waals surface area contributed by atoms with Gasteiger partial charge in [-0.1, -0.05) is 24.6 Å². The van der Waals surface area contributed by atoms with Gasteiger partial charge in [-0.05, 0) is 47.0 Å². The number of benzene rings is 1. The lowest BCUT2D eigenvalue weighted by atomic mass is 10.0. The molecule has 1 unspecified atom stereocenters. The van der Waals surface area contributed by atoms with Crippen LogP contribution in [0.4, 0.5) is 4.39 Å². The third-order valence-corrected chi connectivity index (χ3v) is 4.63. The van der Waals surface area contributed by atoms with Crippen LogP contribution in [0.1, 0.15) is 36.9 Å². The Kier molecular flexibility index (Phi) is 5.41. The van der Waals surface area contributed by atoms with Crippen molar-refractivity contribution in [2.75, 3.05) is 0 Å². The van der Waals surface area contributed by atoms with Crippen molar-refractivity contribution in [1.29, 1.82) is 0 Å². The molecule has 6 heteroatoms. The number of aliphatic hydroxyl groups is 1. The van der Waals surface area contributed by atoms with E-state index >= 15 is 0 Å². The largest absolute Gasteiger partial charge is 0.388 e. The van der Waals surface area contributed by atoms with Gasteiger partial charge in [0.15, 0.2) is 0 Å². The molecule has 0 bridgehead atoms. The quantitative estimate of drug-likeness (QED) is 0.846. The second-order valence-electron chi connectivity index (χ2n) is 4.77. The molecule has 2 rings (SSSR count). The highest BCUT2D eigenvalue weighted by Crippen LogP contribution is 2.28.